The smallest absolute Gasteiger partial charge is 0.317 e. The van der Waals surface area contributed by atoms with Crippen LogP contribution in [0.1, 0.15) is 31.4 Å². The van der Waals surface area contributed by atoms with E-state index in [0.717, 1.165) is 12.8 Å². The SMILES string of the molecule is CC(c1cccc2ccccc12)N(CC(=O)O)C1CC1. The van der Waals surface area contributed by atoms with Gasteiger partial charge in [-0.2, -0.15) is 0 Å². The summed E-state index contributed by atoms with van der Waals surface area (Å²) >= 11 is 0. The fourth-order valence-corrected chi connectivity index (χ4v) is 2.94. The predicted octanol–water partition coefficient (Wildman–Crippen LogP) is 3.45. The van der Waals surface area contributed by atoms with Gasteiger partial charge in [-0.1, -0.05) is 42.5 Å². The van der Waals surface area contributed by atoms with Crippen LogP contribution in [0.2, 0.25) is 0 Å². The van der Waals surface area contributed by atoms with Crippen molar-refractivity contribution in [2.75, 3.05) is 6.54 Å². The molecule has 1 atom stereocenters. The van der Waals surface area contributed by atoms with Crippen LogP contribution >= 0.6 is 0 Å². The van der Waals surface area contributed by atoms with Crippen LogP contribution in [0.25, 0.3) is 10.8 Å². The summed E-state index contributed by atoms with van der Waals surface area (Å²) in [7, 11) is 0. The minimum atomic E-state index is -0.746. The lowest BCUT2D eigenvalue weighted by Crippen LogP contribution is -2.34. The Bertz CT molecular complexity index is 628. The molecule has 1 N–H and O–H groups in total. The van der Waals surface area contributed by atoms with Gasteiger partial charge in [-0.25, -0.2) is 0 Å². The molecule has 0 radical (unpaired) electrons. The lowest BCUT2D eigenvalue weighted by molar-refractivity contribution is -0.139. The van der Waals surface area contributed by atoms with E-state index in [1.54, 1.807) is 0 Å². The zero-order valence-corrected chi connectivity index (χ0v) is 11.6. The minimum absolute atomic E-state index is 0.120. The molecule has 0 heterocycles. The highest BCUT2D eigenvalue weighted by Crippen LogP contribution is 2.36. The van der Waals surface area contributed by atoms with Crippen LogP contribution in [0.15, 0.2) is 42.5 Å². The first kappa shape index (κ1) is 13.1. The minimum Gasteiger partial charge on any atom is -0.480 e. The second-order valence-electron chi connectivity index (χ2n) is 5.54. The zero-order valence-electron chi connectivity index (χ0n) is 11.6. The number of aliphatic carboxylic acids is 1. The van der Waals surface area contributed by atoms with Gasteiger partial charge in [-0.15, -0.1) is 0 Å². The molecule has 20 heavy (non-hydrogen) atoms. The Morgan fingerprint density at radius 2 is 1.95 bits per heavy atom. The standard InChI is InChI=1S/C17H19NO2/c1-12(18(11-17(19)20)14-9-10-14)15-8-4-6-13-5-2-3-7-16(13)15/h2-8,12,14H,9-11H2,1H3,(H,19,20). The maximum atomic E-state index is 11.1. The second-order valence-corrected chi connectivity index (χ2v) is 5.54. The highest BCUT2D eigenvalue weighted by molar-refractivity contribution is 5.86. The van der Waals surface area contributed by atoms with Gasteiger partial charge in [0.15, 0.2) is 0 Å². The van der Waals surface area contributed by atoms with Gasteiger partial charge in [0.05, 0.1) is 6.54 Å². The Hall–Kier alpha value is -1.87. The number of nitrogens with zero attached hydrogens (tertiary/aromatic N) is 1. The highest BCUT2D eigenvalue weighted by atomic mass is 16.4. The van der Waals surface area contributed by atoms with Crippen LogP contribution in [-0.4, -0.2) is 28.6 Å². The molecule has 0 amide bonds. The van der Waals surface area contributed by atoms with E-state index in [1.807, 2.05) is 12.1 Å². The van der Waals surface area contributed by atoms with Gasteiger partial charge in [0.2, 0.25) is 0 Å². The molecule has 1 unspecified atom stereocenters. The Kier molecular flexibility index (Phi) is 3.45. The monoisotopic (exact) mass is 269 g/mol. The summed E-state index contributed by atoms with van der Waals surface area (Å²) in [6, 6.07) is 15.1. The number of rotatable bonds is 5. The van der Waals surface area contributed by atoms with E-state index in [-0.39, 0.29) is 12.6 Å². The predicted molar refractivity (Wildman–Crippen MR) is 79.7 cm³/mol. The average Bonchev–Trinajstić information content (AvgIpc) is 3.28. The van der Waals surface area contributed by atoms with E-state index in [0.29, 0.717) is 6.04 Å². The Balaban J connectivity index is 1.98. The van der Waals surface area contributed by atoms with Crippen molar-refractivity contribution >= 4 is 16.7 Å². The van der Waals surface area contributed by atoms with Gasteiger partial charge in [0.25, 0.3) is 0 Å². The number of fused-ring (bicyclic) bond motifs is 1. The molecule has 1 aliphatic carbocycles. The van der Waals surface area contributed by atoms with Crippen molar-refractivity contribution < 1.29 is 9.90 Å². The summed E-state index contributed by atoms with van der Waals surface area (Å²) in [5, 5.41) is 11.6. The van der Waals surface area contributed by atoms with E-state index in [1.165, 1.54) is 16.3 Å². The number of hydrogen-bond donors (Lipinski definition) is 1. The first-order valence-corrected chi connectivity index (χ1v) is 7.12. The third kappa shape index (κ3) is 2.54. The van der Waals surface area contributed by atoms with Crippen LogP contribution in [0.5, 0.6) is 0 Å². The number of carboxylic acid groups (broad SMARTS) is 1. The zero-order chi connectivity index (χ0) is 14.1. The normalized spacial score (nSPS) is 16.5. The lowest BCUT2D eigenvalue weighted by atomic mass is 9.98. The number of hydrogen-bond acceptors (Lipinski definition) is 2. The van der Waals surface area contributed by atoms with Crippen molar-refractivity contribution in [1.82, 2.24) is 4.90 Å². The third-order valence-electron chi connectivity index (χ3n) is 4.10. The Morgan fingerprint density at radius 3 is 2.65 bits per heavy atom. The van der Waals surface area contributed by atoms with E-state index in [9.17, 15) is 4.79 Å². The van der Waals surface area contributed by atoms with Crippen molar-refractivity contribution in [3.8, 4) is 0 Å². The van der Waals surface area contributed by atoms with Crippen molar-refractivity contribution in [3.63, 3.8) is 0 Å². The van der Waals surface area contributed by atoms with E-state index >= 15 is 0 Å². The summed E-state index contributed by atoms with van der Waals surface area (Å²) < 4.78 is 0. The van der Waals surface area contributed by atoms with Gasteiger partial charge >= 0.3 is 5.97 Å². The fraction of sp³-hybridized carbons (Fsp3) is 0.353. The van der Waals surface area contributed by atoms with Gasteiger partial charge in [0, 0.05) is 12.1 Å². The molecule has 3 nitrogen and oxygen atoms in total. The van der Waals surface area contributed by atoms with Gasteiger partial charge in [-0.05, 0) is 36.1 Å². The third-order valence-corrected chi connectivity index (χ3v) is 4.10. The molecule has 1 saturated carbocycles. The molecule has 0 aromatic heterocycles. The van der Waals surface area contributed by atoms with Crippen molar-refractivity contribution in [2.45, 2.75) is 31.8 Å². The quantitative estimate of drug-likeness (QED) is 0.903. The molecule has 1 fully saturated rings. The van der Waals surface area contributed by atoms with E-state index < -0.39 is 5.97 Å². The van der Waals surface area contributed by atoms with Crippen molar-refractivity contribution in [2.24, 2.45) is 0 Å². The first-order chi connectivity index (χ1) is 9.66. The summed E-state index contributed by atoms with van der Waals surface area (Å²) in [6.45, 7) is 2.23. The highest BCUT2D eigenvalue weighted by Gasteiger charge is 2.34. The lowest BCUT2D eigenvalue weighted by Gasteiger charge is -2.28. The topological polar surface area (TPSA) is 40.5 Å². The van der Waals surface area contributed by atoms with Crippen molar-refractivity contribution in [3.05, 3.63) is 48.0 Å². The summed E-state index contributed by atoms with van der Waals surface area (Å²) in [4.78, 5) is 13.2. The van der Waals surface area contributed by atoms with Gasteiger partial charge in [0.1, 0.15) is 0 Å². The van der Waals surface area contributed by atoms with Crippen LogP contribution in [0.3, 0.4) is 0 Å². The maximum absolute atomic E-state index is 11.1. The largest absolute Gasteiger partial charge is 0.480 e. The molecule has 0 bridgehead atoms. The summed E-state index contributed by atoms with van der Waals surface area (Å²) in [6.07, 6.45) is 2.23. The molecule has 3 heteroatoms. The van der Waals surface area contributed by atoms with Crippen LogP contribution in [-0.2, 0) is 4.79 Å². The maximum Gasteiger partial charge on any atom is 0.317 e. The first-order valence-electron chi connectivity index (χ1n) is 7.12. The molecule has 0 saturated heterocycles. The molecule has 2 aromatic carbocycles. The molecule has 1 aliphatic rings. The van der Waals surface area contributed by atoms with Crippen molar-refractivity contribution in [1.29, 1.82) is 0 Å². The molecule has 104 valence electrons. The Morgan fingerprint density at radius 1 is 1.25 bits per heavy atom. The molecular weight excluding hydrogens is 250 g/mol. The number of benzene rings is 2. The average molecular weight is 269 g/mol. The molecule has 3 rings (SSSR count). The second kappa shape index (κ2) is 5.25. The Labute approximate surface area is 118 Å². The number of carboxylic acids is 1. The van der Waals surface area contributed by atoms with Crippen LogP contribution < -0.4 is 0 Å². The van der Waals surface area contributed by atoms with E-state index in [4.69, 9.17) is 5.11 Å². The molecule has 2 aromatic rings. The summed E-state index contributed by atoms with van der Waals surface area (Å²) in [5.74, 6) is -0.746. The molecular formula is C17H19NO2. The van der Waals surface area contributed by atoms with Gasteiger partial charge in [-0.3, -0.25) is 9.69 Å². The summed E-state index contributed by atoms with van der Waals surface area (Å²) in [5.41, 5.74) is 1.22. The van der Waals surface area contributed by atoms with Crippen LogP contribution in [0.4, 0.5) is 0 Å². The fourth-order valence-electron chi connectivity index (χ4n) is 2.94. The van der Waals surface area contributed by atoms with Crippen LogP contribution in [0, 0.1) is 0 Å². The number of carbonyl (C=O) groups is 1. The molecule has 0 aliphatic heterocycles. The van der Waals surface area contributed by atoms with E-state index in [2.05, 4.69) is 42.2 Å². The molecule has 0 spiro atoms. The van der Waals surface area contributed by atoms with Gasteiger partial charge < -0.3 is 5.11 Å².